The van der Waals surface area contributed by atoms with Crippen LogP contribution < -0.4 is 0 Å². The summed E-state index contributed by atoms with van der Waals surface area (Å²) in [5.74, 6) is -0.560. The van der Waals surface area contributed by atoms with Crippen LogP contribution in [0.5, 0.6) is 0 Å². The van der Waals surface area contributed by atoms with Crippen LogP contribution in [-0.4, -0.2) is 36.4 Å². The van der Waals surface area contributed by atoms with Gasteiger partial charge in [0.2, 0.25) is 0 Å². The lowest BCUT2D eigenvalue weighted by molar-refractivity contribution is -0.161. The number of unbranched alkanes of at least 4 members (excludes halogenated alkanes) is 60. The molecular weight excluding hydrogens is 1000 g/mol. The Bertz CT molecular complexity index is 1260. The number of aliphatic hydroxyl groups excluding tert-OH is 1. The molecule has 0 fully saturated rings. The third-order valence-electron chi connectivity index (χ3n) is 17.7. The second-order valence-corrected chi connectivity index (χ2v) is 26.1. The van der Waals surface area contributed by atoms with Gasteiger partial charge in [0.05, 0.1) is 6.61 Å². The summed E-state index contributed by atoms with van der Waals surface area (Å²) < 4.78 is 10.8. The number of carbonyl (C=O) groups is 2. The summed E-state index contributed by atoms with van der Waals surface area (Å²) in [7, 11) is 0. The number of hydrogen-bond donors (Lipinski definition) is 1. The molecule has 0 radical (unpaired) electrons. The number of esters is 2. The smallest absolute Gasteiger partial charge is 0.306 e. The Morgan fingerprint density at radius 1 is 0.280 bits per heavy atom. The normalized spacial score (nSPS) is 12.2. The Morgan fingerprint density at radius 3 is 0.720 bits per heavy atom. The summed E-state index contributed by atoms with van der Waals surface area (Å²) in [6.45, 7) is 4.21. The molecular formula is C77H148O5. The lowest BCUT2D eigenvalue weighted by Crippen LogP contribution is -2.28. The van der Waals surface area contributed by atoms with Crippen molar-refractivity contribution < 1.29 is 24.2 Å². The van der Waals surface area contributed by atoms with Gasteiger partial charge in [0.1, 0.15) is 6.61 Å². The van der Waals surface area contributed by atoms with Crippen LogP contribution in [0.4, 0.5) is 0 Å². The average Bonchev–Trinajstić information content (AvgIpc) is 3.49. The molecule has 1 atom stereocenters. The van der Waals surface area contributed by atoms with Gasteiger partial charge in [0.25, 0.3) is 0 Å². The minimum absolute atomic E-state index is 0.0571. The van der Waals surface area contributed by atoms with Crippen molar-refractivity contribution in [3.05, 3.63) is 24.3 Å². The molecule has 0 spiro atoms. The molecule has 1 N–H and O–H groups in total. The van der Waals surface area contributed by atoms with Crippen molar-refractivity contribution in [2.75, 3.05) is 13.2 Å². The van der Waals surface area contributed by atoms with Gasteiger partial charge in [-0.15, -0.1) is 0 Å². The standard InChI is InChI=1S/C77H148O5/c1-3-5-7-9-11-13-15-17-19-21-23-25-27-29-31-33-35-37-38-40-42-44-46-48-50-52-54-56-58-60-62-64-66-68-70-72-77(80)82-75(73-78)74-81-76(79)71-69-67-65-63-61-59-57-55-53-51-49-47-45-43-41-39-36-34-32-30-28-26-24-22-20-18-16-14-12-10-8-6-4-2/h15,17,21,23,75,78H,3-14,16,18-20,22,24-74H2,1-2H3/b17-15-,23-21-. The van der Waals surface area contributed by atoms with Gasteiger partial charge in [0, 0.05) is 12.8 Å². The molecule has 0 saturated carbocycles. The lowest BCUT2D eigenvalue weighted by Gasteiger charge is -2.15. The first-order valence-electron chi connectivity index (χ1n) is 37.9. The van der Waals surface area contributed by atoms with E-state index in [1.54, 1.807) is 0 Å². The molecule has 0 aliphatic carbocycles. The van der Waals surface area contributed by atoms with E-state index in [4.69, 9.17) is 9.47 Å². The van der Waals surface area contributed by atoms with Crippen LogP contribution in [-0.2, 0) is 19.1 Å². The molecule has 0 heterocycles. The molecule has 0 aliphatic heterocycles. The van der Waals surface area contributed by atoms with Crippen molar-refractivity contribution in [2.24, 2.45) is 0 Å². The zero-order valence-electron chi connectivity index (χ0n) is 56.1. The largest absolute Gasteiger partial charge is 0.462 e. The maximum absolute atomic E-state index is 12.4. The van der Waals surface area contributed by atoms with Crippen molar-refractivity contribution in [1.29, 1.82) is 0 Å². The van der Waals surface area contributed by atoms with E-state index in [0.717, 1.165) is 38.5 Å². The highest BCUT2D eigenvalue weighted by atomic mass is 16.6. The lowest BCUT2D eigenvalue weighted by atomic mass is 10.0. The van der Waals surface area contributed by atoms with Crippen LogP contribution >= 0.6 is 0 Å². The molecule has 82 heavy (non-hydrogen) atoms. The third-order valence-corrected chi connectivity index (χ3v) is 17.7. The third kappa shape index (κ3) is 70.9. The second-order valence-electron chi connectivity index (χ2n) is 26.1. The Hall–Kier alpha value is -1.62. The SMILES string of the molecule is CCCCCCC/C=C\C/C=C\CCCCCCCCCCCCCCCCCCCCCCCCCC(=O)OC(CO)COC(=O)CCCCCCCCCCCCCCCCCCCCCCCCCCCCCCCCCCC. The van der Waals surface area contributed by atoms with Crippen LogP contribution in [0, 0.1) is 0 Å². The maximum atomic E-state index is 12.4. The van der Waals surface area contributed by atoms with E-state index in [9.17, 15) is 14.7 Å². The van der Waals surface area contributed by atoms with Crippen LogP contribution in [0.3, 0.4) is 0 Å². The van der Waals surface area contributed by atoms with Crippen LogP contribution in [0.15, 0.2) is 24.3 Å². The van der Waals surface area contributed by atoms with Gasteiger partial charge in [-0.3, -0.25) is 9.59 Å². The molecule has 0 aromatic carbocycles. The summed E-state index contributed by atoms with van der Waals surface area (Å²) in [6.07, 6.45) is 96.8. The van der Waals surface area contributed by atoms with E-state index >= 15 is 0 Å². The average molecular weight is 1150 g/mol. The first-order chi connectivity index (χ1) is 40.6. The van der Waals surface area contributed by atoms with Crippen molar-refractivity contribution in [1.82, 2.24) is 0 Å². The fraction of sp³-hybridized carbons (Fsp3) is 0.922. The highest BCUT2D eigenvalue weighted by Gasteiger charge is 2.16. The number of allylic oxidation sites excluding steroid dienone is 4. The fourth-order valence-electron chi connectivity index (χ4n) is 12.1. The van der Waals surface area contributed by atoms with Crippen LogP contribution in [0.25, 0.3) is 0 Å². The number of aliphatic hydroxyl groups is 1. The minimum Gasteiger partial charge on any atom is -0.462 e. The van der Waals surface area contributed by atoms with Crippen molar-refractivity contribution in [3.8, 4) is 0 Å². The van der Waals surface area contributed by atoms with Gasteiger partial charge < -0.3 is 14.6 Å². The number of ether oxygens (including phenoxy) is 2. The van der Waals surface area contributed by atoms with E-state index in [1.165, 1.54) is 372 Å². The van der Waals surface area contributed by atoms with Gasteiger partial charge >= 0.3 is 11.9 Å². The number of rotatable bonds is 72. The molecule has 0 amide bonds. The predicted molar refractivity (Wildman–Crippen MR) is 362 cm³/mol. The number of hydrogen-bond acceptors (Lipinski definition) is 5. The topological polar surface area (TPSA) is 72.8 Å². The maximum Gasteiger partial charge on any atom is 0.306 e. The quantitative estimate of drug-likeness (QED) is 0.0373. The molecule has 0 aliphatic rings. The zero-order valence-corrected chi connectivity index (χ0v) is 56.1. The van der Waals surface area contributed by atoms with Gasteiger partial charge in [-0.2, -0.15) is 0 Å². The summed E-state index contributed by atoms with van der Waals surface area (Å²) in [4.78, 5) is 24.7. The molecule has 0 bridgehead atoms. The molecule has 0 aromatic rings. The van der Waals surface area contributed by atoms with E-state index < -0.39 is 6.10 Å². The Labute approximate surface area is 514 Å². The van der Waals surface area contributed by atoms with E-state index in [2.05, 4.69) is 38.2 Å². The molecule has 486 valence electrons. The second kappa shape index (κ2) is 73.6. The van der Waals surface area contributed by atoms with E-state index in [-0.39, 0.29) is 25.2 Å². The summed E-state index contributed by atoms with van der Waals surface area (Å²) in [5, 5.41) is 9.72. The molecule has 5 nitrogen and oxygen atoms in total. The van der Waals surface area contributed by atoms with Gasteiger partial charge in [-0.1, -0.05) is 404 Å². The Morgan fingerprint density at radius 2 is 0.488 bits per heavy atom. The van der Waals surface area contributed by atoms with E-state index in [1.807, 2.05) is 0 Å². The summed E-state index contributed by atoms with van der Waals surface area (Å²) in [5.41, 5.74) is 0. The van der Waals surface area contributed by atoms with Crippen molar-refractivity contribution in [2.45, 2.75) is 444 Å². The Kier molecular flexibility index (Phi) is 72.2. The van der Waals surface area contributed by atoms with Crippen LogP contribution in [0.1, 0.15) is 438 Å². The van der Waals surface area contributed by atoms with Gasteiger partial charge in [-0.05, 0) is 44.9 Å². The minimum atomic E-state index is -0.768. The first kappa shape index (κ1) is 80.4. The Balaban J connectivity index is 3.36. The van der Waals surface area contributed by atoms with Crippen molar-refractivity contribution >= 4 is 11.9 Å². The highest BCUT2D eigenvalue weighted by molar-refractivity contribution is 5.70. The summed E-state index contributed by atoms with van der Waals surface area (Å²) in [6, 6.07) is 0. The highest BCUT2D eigenvalue weighted by Crippen LogP contribution is 2.20. The van der Waals surface area contributed by atoms with Crippen LogP contribution in [0.2, 0.25) is 0 Å². The van der Waals surface area contributed by atoms with Gasteiger partial charge in [-0.25, -0.2) is 0 Å². The van der Waals surface area contributed by atoms with Gasteiger partial charge in [0.15, 0.2) is 6.10 Å². The zero-order chi connectivity index (χ0) is 59.1. The fourth-order valence-corrected chi connectivity index (χ4v) is 12.1. The monoisotopic (exact) mass is 1150 g/mol. The molecule has 5 heteroatoms. The molecule has 1 unspecified atom stereocenters. The molecule has 0 aromatic heterocycles. The predicted octanol–water partition coefficient (Wildman–Crippen LogP) is 26.3. The number of carbonyl (C=O) groups excluding carboxylic acids is 2. The van der Waals surface area contributed by atoms with Crippen molar-refractivity contribution in [3.63, 3.8) is 0 Å². The molecule has 0 rings (SSSR count). The first-order valence-corrected chi connectivity index (χ1v) is 37.9. The summed E-state index contributed by atoms with van der Waals surface area (Å²) >= 11 is 0. The van der Waals surface area contributed by atoms with E-state index in [0.29, 0.717) is 12.8 Å². The molecule has 0 saturated heterocycles.